The number of carbonyl (C=O) groups is 2. The number of nitrogens with one attached hydrogen (secondary N) is 1. The van der Waals surface area contributed by atoms with Crippen LogP contribution in [0.4, 0.5) is 5.82 Å². The Balaban J connectivity index is 1.20. The number of hydrogen-bond donors (Lipinski definition) is 3. The maximum Gasteiger partial charge on any atom is 0.240 e. The van der Waals surface area contributed by atoms with Gasteiger partial charge < -0.3 is 31.1 Å². The van der Waals surface area contributed by atoms with Gasteiger partial charge in [0, 0.05) is 37.8 Å². The largest absolute Gasteiger partial charge is 0.367 e. The fraction of sp³-hybridized carbons (Fsp3) is 0.375. The van der Waals surface area contributed by atoms with Gasteiger partial charge in [0.05, 0.1) is 12.1 Å². The van der Waals surface area contributed by atoms with E-state index in [0.29, 0.717) is 50.6 Å². The fourth-order valence-corrected chi connectivity index (χ4v) is 7.18. The topological polar surface area (TPSA) is 131 Å². The summed E-state index contributed by atoms with van der Waals surface area (Å²) in [6.07, 6.45) is 4.63. The van der Waals surface area contributed by atoms with Crippen LogP contribution in [0.1, 0.15) is 44.2 Å². The summed E-state index contributed by atoms with van der Waals surface area (Å²) in [5, 5.41) is 11.8. The van der Waals surface area contributed by atoms with Crippen molar-refractivity contribution in [2.75, 3.05) is 25.0 Å². The van der Waals surface area contributed by atoms with E-state index in [1.807, 2.05) is 34.1 Å². The predicted octanol–water partition coefficient (Wildman–Crippen LogP) is 5.77. The van der Waals surface area contributed by atoms with Crippen LogP contribution in [0.15, 0.2) is 102 Å². The van der Waals surface area contributed by atoms with Crippen molar-refractivity contribution in [2.45, 2.75) is 70.1 Å². The van der Waals surface area contributed by atoms with Crippen LogP contribution < -0.4 is 16.8 Å². The summed E-state index contributed by atoms with van der Waals surface area (Å²) in [6, 6.07) is 28.9. The summed E-state index contributed by atoms with van der Waals surface area (Å²) in [7, 11) is 0. The maximum absolute atomic E-state index is 14.2. The van der Waals surface area contributed by atoms with Crippen LogP contribution in [0.5, 0.6) is 0 Å². The summed E-state index contributed by atoms with van der Waals surface area (Å²) >= 11 is 0. The third-order valence-electron chi connectivity index (χ3n) is 9.64. The second-order valence-electron chi connectivity index (χ2n) is 13.9. The van der Waals surface area contributed by atoms with Crippen molar-refractivity contribution in [1.82, 2.24) is 15.0 Å². The average Bonchev–Trinajstić information content (AvgIpc) is 3.63. The van der Waals surface area contributed by atoms with E-state index >= 15 is 0 Å². The van der Waals surface area contributed by atoms with Gasteiger partial charge in [0.1, 0.15) is 6.26 Å². The van der Waals surface area contributed by atoms with Gasteiger partial charge in [0.15, 0.2) is 5.82 Å². The van der Waals surface area contributed by atoms with E-state index in [1.54, 1.807) is 6.07 Å². The van der Waals surface area contributed by atoms with Gasteiger partial charge in [-0.15, -0.1) is 0 Å². The van der Waals surface area contributed by atoms with Crippen LogP contribution in [0, 0.1) is 5.92 Å². The van der Waals surface area contributed by atoms with Crippen molar-refractivity contribution in [1.29, 1.82) is 0 Å². The highest BCUT2D eigenvalue weighted by Gasteiger charge is 2.40. The minimum Gasteiger partial charge on any atom is -0.367 e. The third kappa shape index (κ3) is 8.47. The molecule has 1 fully saturated rings. The number of nitrogens with zero attached hydrogens (tertiary/aromatic N) is 3. The van der Waals surface area contributed by atoms with E-state index in [0.717, 1.165) is 45.5 Å². The lowest BCUT2D eigenvalue weighted by Crippen LogP contribution is -2.65. The van der Waals surface area contributed by atoms with Gasteiger partial charge in [0.25, 0.3) is 0 Å². The molecule has 9 nitrogen and oxygen atoms in total. The molecule has 2 amide bonds. The molecule has 4 atom stereocenters. The first-order valence-electron chi connectivity index (χ1n) is 17.5. The highest BCUT2D eigenvalue weighted by atomic mass is 16.5. The normalized spacial score (nSPS) is 17.8. The lowest BCUT2D eigenvalue weighted by molar-refractivity contribution is -0.149. The molecule has 1 aliphatic rings. The van der Waals surface area contributed by atoms with E-state index in [-0.39, 0.29) is 23.9 Å². The Morgan fingerprint density at radius 1 is 0.776 bits per heavy atom. The zero-order valence-corrected chi connectivity index (χ0v) is 28.5. The molecule has 4 unspecified atom stereocenters. The first kappa shape index (κ1) is 34.1. The van der Waals surface area contributed by atoms with Gasteiger partial charge in [-0.05, 0) is 70.7 Å². The molecule has 49 heavy (non-hydrogen) atoms. The number of carbonyl (C=O) groups excluding carboxylic acids is 2. The molecule has 1 saturated heterocycles. The van der Waals surface area contributed by atoms with Crippen molar-refractivity contribution in [2.24, 2.45) is 17.4 Å². The molecule has 256 valence electrons. The Morgan fingerprint density at radius 3 is 1.84 bits per heavy atom. The van der Waals surface area contributed by atoms with Gasteiger partial charge in [-0.3, -0.25) is 9.59 Å². The van der Waals surface area contributed by atoms with Crippen LogP contribution in [0.25, 0.3) is 21.5 Å². The van der Waals surface area contributed by atoms with Crippen molar-refractivity contribution in [3.05, 3.63) is 108 Å². The lowest BCUT2D eigenvalue weighted by atomic mass is 9.93. The molecule has 4 aromatic carbocycles. The SMILES string of the molecule is CC(C)CC1CN(C(=O)C(N)Cc2ccc3ccccc3c2)C(CCCNc2ccon2)CN1C(=O)C(N)Cc1ccc2ccccc2c1. The standard InChI is InChI=1S/C40H48N6O3/c1-27(2)20-35-26-45(39(47)36(41)23-28-13-15-30-8-3-5-10-32(30)21-28)34(12-7-18-43-38-17-19-49-44-38)25-46(35)40(48)37(42)24-29-14-16-31-9-4-6-11-33(31)22-29/h3-6,8-11,13-17,19,21-22,27,34-37H,7,12,18,20,23-26,41-42H2,1-2H3,(H,43,44). The van der Waals surface area contributed by atoms with Gasteiger partial charge >= 0.3 is 0 Å². The van der Waals surface area contributed by atoms with Crippen molar-refractivity contribution >= 4 is 39.2 Å². The molecule has 0 bridgehead atoms. The Labute approximate surface area is 288 Å². The van der Waals surface area contributed by atoms with Crippen LogP contribution >= 0.6 is 0 Å². The molecule has 6 rings (SSSR count). The molecule has 1 aliphatic heterocycles. The second kappa shape index (κ2) is 15.7. The number of amides is 2. The van der Waals surface area contributed by atoms with E-state index in [4.69, 9.17) is 16.0 Å². The minimum atomic E-state index is -0.700. The summed E-state index contributed by atoms with van der Waals surface area (Å²) in [6.45, 7) is 5.80. The monoisotopic (exact) mass is 660 g/mol. The first-order chi connectivity index (χ1) is 23.7. The van der Waals surface area contributed by atoms with Crippen LogP contribution in [-0.4, -0.2) is 70.6 Å². The first-order valence-corrected chi connectivity index (χ1v) is 17.5. The van der Waals surface area contributed by atoms with E-state index in [2.05, 4.69) is 85.0 Å². The summed E-state index contributed by atoms with van der Waals surface area (Å²) in [5.74, 6) is 0.840. The van der Waals surface area contributed by atoms with Crippen LogP contribution in [0.2, 0.25) is 0 Å². The van der Waals surface area contributed by atoms with Gasteiger partial charge in [-0.25, -0.2) is 0 Å². The van der Waals surface area contributed by atoms with Crippen molar-refractivity contribution < 1.29 is 14.1 Å². The molecule has 1 aromatic heterocycles. The summed E-state index contributed by atoms with van der Waals surface area (Å²) < 4.78 is 4.94. The third-order valence-corrected chi connectivity index (χ3v) is 9.64. The summed E-state index contributed by atoms with van der Waals surface area (Å²) in [4.78, 5) is 32.3. The molecular formula is C40H48N6O3. The van der Waals surface area contributed by atoms with Crippen molar-refractivity contribution in [3.8, 4) is 0 Å². The molecule has 0 aliphatic carbocycles. The predicted molar refractivity (Wildman–Crippen MR) is 196 cm³/mol. The van der Waals surface area contributed by atoms with Crippen molar-refractivity contribution in [3.63, 3.8) is 0 Å². The number of benzene rings is 4. The van der Waals surface area contributed by atoms with Gasteiger partial charge in [-0.2, -0.15) is 0 Å². The highest BCUT2D eigenvalue weighted by Crippen LogP contribution is 2.26. The number of fused-ring (bicyclic) bond motifs is 2. The molecule has 2 heterocycles. The highest BCUT2D eigenvalue weighted by molar-refractivity contribution is 5.87. The zero-order valence-electron chi connectivity index (χ0n) is 28.5. The number of anilines is 1. The van der Waals surface area contributed by atoms with E-state index < -0.39 is 12.1 Å². The quantitative estimate of drug-likeness (QED) is 0.137. The number of aromatic nitrogens is 1. The number of hydrogen-bond acceptors (Lipinski definition) is 7. The van der Waals surface area contributed by atoms with Crippen LogP contribution in [0.3, 0.4) is 0 Å². The molecule has 5 aromatic rings. The maximum atomic E-state index is 14.2. The van der Waals surface area contributed by atoms with Gasteiger partial charge in [0.2, 0.25) is 11.8 Å². The zero-order chi connectivity index (χ0) is 34.3. The molecule has 0 saturated carbocycles. The lowest BCUT2D eigenvalue weighted by Gasteiger charge is -2.48. The molecular weight excluding hydrogens is 612 g/mol. The molecule has 5 N–H and O–H groups in total. The van der Waals surface area contributed by atoms with E-state index in [1.165, 1.54) is 6.26 Å². The smallest absolute Gasteiger partial charge is 0.240 e. The Kier molecular flexibility index (Phi) is 10.9. The summed E-state index contributed by atoms with van der Waals surface area (Å²) in [5.41, 5.74) is 15.4. The number of piperazine rings is 1. The molecule has 0 spiro atoms. The Bertz CT molecular complexity index is 1860. The van der Waals surface area contributed by atoms with E-state index in [9.17, 15) is 9.59 Å². The Hall–Kier alpha value is -4.73. The minimum absolute atomic E-state index is 0.0721. The molecule has 9 heteroatoms. The second-order valence-corrected chi connectivity index (χ2v) is 13.9. The van der Waals surface area contributed by atoms with Gasteiger partial charge in [-0.1, -0.05) is 104 Å². The molecule has 0 radical (unpaired) electrons. The van der Waals surface area contributed by atoms with Crippen LogP contribution in [-0.2, 0) is 22.4 Å². The average molecular weight is 661 g/mol. The number of rotatable bonds is 13. The number of nitrogens with two attached hydrogens (primary N) is 2. The Morgan fingerprint density at radius 2 is 1.31 bits per heavy atom. The fourth-order valence-electron chi connectivity index (χ4n) is 7.18.